The minimum Gasteiger partial charge on any atom is -0.485 e. The molecule has 0 fully saturated rings. The summed E-state index contributed by atoms with van der Waals surface area (Å²) in [5.41, 5.74) is 7.73. The Kier molecular flexibility index (Phi) is 5.92. The van der Waals surface area contributed by atoms with Crippen LogP contribution in [-0.4, -0.2) is 6.54 Å². The van der Waals surface area contributed by atoms with Crippen molar-refractivity contribution in [2.24, 2.45) is 5.73 Å². The molecule has 2 N–H and O–H groups in total. The number of hydrogen-bond donors (Lipinski definition) is 1. The van der Waals surface area contributed by atoms with E-state index in [-0.39, 0.29) is 6.10 Å². The van der Waals surface area contributed by atoms with Crippen LogP contribution in [0.2, 0.25) is 10.0 Å². The lowest BCUT2D eigenvalue weighted by atomic mass is 10.0. The normalized spacial score (nSPS) is 12.2. The Balaban J connectivity index is 2.25. The molecule has 0 bridgehead atoms. The molecule has 0 spiro atoms. The standard InChI is InChI=1S/C17H19Cl2NO/c1-12-10-14(18)15(19)11-17(12)21-16(8-5-9-20)13-6-3-2-4-7-13/h2-4,6-7,10-11,16H,5,8-9,20H2,1H3. The molecule has 112 valence electrons. The van der Waals surface area contributed by atoms with Crippen molar-refractivity contribution in [1.82, 2.24) is 0 Å². The van der Waals surface area contributed by atoms with Crippen molar-refractivity contribution in [3.8, 4) is 5.75 Å². The van der Waals surface area contributed by atoms with Crippen LogP contribution >= 0.6 is 23.2 Å². The van der Waals surface area contributed by atoms with Crippen LogP contribution in [0.4, 0.5) is 0 Å². The van der Waals surface area contributed by atoms with Gasteiger partial charge in [-0.05, 0) is 43.5 Å². The molecular weight excluding hydrogens is 305 g/mol. The summed E-state index contributed by atoms with van der Waals surface area (Å²) in [6.45, 7) is 2.61. The number of halogens is 2. The zero-order valence-corrected chi connectivity index (χ0v) is 13.5. The minimum absolute atomic E-state index is 0.0364. The van der Waals surface area contributed by atoms with E-state index in [4.69, 9.17) is 33.7 Å². The molecule has 1 unspecified atom stereocenters. The molecule has 4 heteroatoms. The molecule has 1 atom stereocenters. The van der Waals surface area contributed by atoms with Gasteiger partial charge in [0.05, 0.1) is 10.0 Å². The highest BCUT2D eigenvalue weighted by molar-refractivity contribution is 6.42. The second-order valence-electron chi connectivity index (χ2n) is 4.98. The summed E-state index contributed by atoms with van der Waals surface area (Å²) in [4.78, 5) is 0. The third-order valence-corrected chi connectivity index (χ3v) is 4.05. The molecule has 0 radical (unpaired) electrons. The van der Waals surface area contributed by atoms with Crippen molar-refractivity contribution in [3.63, 3.8) is 0 Å². The van der Waals surface area contributed by atoms with E-state index in [9.17, 15) is 0 Å². The lowest BCUT2D eigenvalue weighted by Crippen LogP contribution is -2.11. The molecule has 2 nitrogen and oxygen atoms in total. The SMILES string of the molecule is Cc1cc(Cl)c(Cl)cc1OC(CCCN)c1ccccc1. The molecular formula is C17H19Cl2NO. The number of benzene rings is 2. The number of nitrogens with two attached hydrogens (primary N) is 1. The van der Waals surface area contributed by atoms with E-state index < -0.39 is 0 Å². The van der Waals surface area contributed by atoms with Crippen molar-refractivity contribution < 1.29 is 4.74 Å². The Hall–Kier alpha value is -1.22. The summed E-state index contributed by atoms with van der Waals surface area (Å²) in [5.74, 6) is 0.760. The Labute approximate surface area is 135 Å². The average molecular weight is 324 g/mol. The van der Waals surface area contributed by atoms with Gasteiger partial charge in [0.15, 0.2) is 0 Å². The summed E-state index contributed by atoms with van der Waals surface area (Å²) in [5, 5.41) is 1.04. The van der Waals surface area contributed by atoms with E-state index in [0.29, 0.717) is 16.6 Å². The molecule has 0 amide bonds. The summed E-state index contributed by atoms with van der Waals surface area (Å²) in [7, 11) is 0. The van der Waals surface area contributed by atoms with Crippen LogP contribution in [0.15, 0.2) is 42.5 Å². The molecule has 2 aromatic rings. The fourth-order valence-electron chi connectivity index (χ4n) is 2.17. The second kappa shape index (κ2) is 7.69. The Morgan fingerprint density at radius 2 is 1.76 bits per heavy atom. The first-order valence-electron chi connectivity index (χ1n) is 6.99. The first-order valence-corrected chi connectivity index (χ1v) is 7.74. The molecule has 0 aromatic heterocycles. The molecule has 0 saturated heterocycles. The van der Waals surface area contributed by atoms with Crippen molar-refractivity contribution in [2.45, 2.75) is 25.9 Å². The van der Waals surface area contributed by atoms with Crippen LogP contribution < -0.4 is 10.5 Å². The quantitative estimate of drug-likeness (QED) is 0.796. The number of rotatable bonds is 6. The van der Waals surface area contributed by atoms with Gasteiger partial charge in [-0.15, -0.1) is 0 Å². The predicted octanol–water partition coefficient (Wildman–Crippen LogP) is 5.16. The Bertz CT molecular complexity index is 587. The Morgan fingerprint density at radius 1 is 1.10 bits per heavy atom. The van der Waals surface area contributed by atoms with E-state index in [1.807, 2.05) is 31.2 Å². The third kappa shape index (κ3) is 4.37. The van der Waals surface area contributed by atoms with Crippen molar-refractivity contribution in [1.29, 1.82) is 0 Å². The zero-order chi connectivity index (χ0) is 15.2. The molecule has 0 saturated carbocycles. The minimum atomic E-state index is -0.0364. The fourth-order valence-corrected chi connectivity index (χ4v) is 2.54. The van der Waals surface area contributed by atoms with Gasteiger partial charge in [0.25, 0.3) is 0 Å². The monoisotopic (exact) mass is 323 g/mol. The van der Waals surface area contributed by atoms with Gasteiger partial charge in [-0.25, -0.2) is 0 Å². The molecule has 2 rings (SSSR count). The van der Waals surface area contributed by atoms with Gasteiger partial charge in [0.1, 0.15) is 11.9 Å². The first kappa shape index (κ1) is 16.2. The average Bonchev–Trinajstić information content (AvgIpc) is 2.49. The predicted molar refractivity (Wildman–Crippen MR) is 89.3 cm³/mol. The summed E-state index contributed by atoms with van der Waals surface area (Å²) >= 11 is 12.1. The van der Waals surface area contributed by atoms with Gasteiger partial charge in [-0.2, -0.15) is 0 Å². The molecule has 2 aromatic carbocycles. The van der Waals surface area contributed by atoms with Crippen LogP contribution in [0, 0.1) is 6.92 Å². The summed E-state index contributed by atoms with van der Waals surface area (Å²) in [6, 6.07) is 13.7. The van der Waals surface area contributed by atoms with Crippen LogP contribution in [0.3, 0.4) is 0 Å². The molecule has 0 heterocycles. The van der Waals surface area contributed by atoms with Gasteiger partial charge >= 0.3 is 0 Å². The number of ether oxygens (including phenoxy) is 1. The van der Waals surface area contributed by atoms with E-state index >= 15 is 0 Å². The number of aryl methyl sites for hydroxylation is 1. The summed E-state index contributed by atoms with van der Waals surface area (Å²) in [6.07, 6.45) is 1.73. The molecule has 0 aliphatic carbocycles. The maximum absolute atomic E-state index is 6.17. The molecule has 21 heavy (non-hydrogen) atoms. The maximum atomic E-state index is 6.17. The lowest BCUT2D eigenvalue weighted by Gasteiger charge is -2.21. The summed E-state index contributed by atoms with van der Waals surface area (Å²) < 4.78 is 6.17. The van der Waals surface area contributed by atoms with Gasteiger partial charge in [0.2, 0.25) is 0 Å². The largest absolute Gasteiger partial charge is 0.485 e. The van der Waals surface area contributed by atoms with E-state index in [1.165, 1.54) is 0 Å². The van der Waals surface area contributed by atoms with Crippen molar-refractivity contribution in [3.05, 3.63) is 63.6 Å². The van der Waals surface area contributed by atoms with E-state index in [2.05, 4.69) is 12.1 Å². The smallest absolute Gasteiger partial charge is 0.124 e. The van der Waals surface area contributed by atoms with Gasteiger partial charge in [-0.3, -0.25) is 0 Å². The lowest BCUT2D eigenvalue weighted by molar-refractivity contribution is 0.191. The fraction of sp³-hybridized carbons (Fsp3) is 0.294. The van der Waals surface area contributed by atoms with Crippen LogP contribution in [-0.2, 0) is 0 Å². The van der Waals surface area contributed by atoms with Crippen LogP contribution in [0.25, 0.3) is 0 Å². The molecule has 0 aliphatic heterocycles. The highest BCUT2D eigenvalue weighted by atomic mass is 35.5. The van der Waals surface area contributed by atoms with Gasteiger partial charge < -0.3 is 10.5 Å². The van der Waals surface area contributed by atoms with Gasteiger partial charge in [-0.1, -0.05) is 53.5 Å². The van der Waals surface area contributed by atoms with Crippen LogP contribution in [0.5, 0.6) is 5.75 Å². The van der Waals surface area contributed by atoms with Crippen molar-refractivity contribution >= 4 is 23.2 Å². The first-order chi connectivity index (χ1) is 10.1. The third-order valence-electron chi connectivity index (χ3n) is 3.33. The highest BCUT2D eigenvalue weighted by Gasteiger charge is 2.15. The zero-order valence-electron chi connectivity index (χ0n) is 12.0. The maximum Gasteiger partial charge on any atom is 0.124 e. The van der Waals surface area contributed by atoms with E-state index in [1.54, 1.807) is 6.07 Å². The van der Waals surface area contributed by atoms with Gasteiger partial charge in [0, 0.05) is 6.07 Å². The second-order valence-corrected chi connectivity index (χ2v) is 5.79. The van der Waals surface area contributed by atoms with Crippen LogP contribution in [0.1, 0.15) is 30.1 Å². The van der Waals surface area contributed by atoms with E-state index in [0.717, 1.165) is 29.7 Å². The highest BCUT2D eigenvalue weighted by Crippen LogP contribution is 2.34. The number of hydrogen-bond acceptors (Lipinski definition) is 2. The topological polar surface area (TPSA) is 35.2 Å². The Morgan fingerprint density at radius 3 is 2.43 bits per heavy atom. The molecule has 0 aliphatic rings. The van der Waals surface area contributed by atoms with Crippen molar-refractivity contribution in [2.75, 3.05) is 6.54 Å².